The Labute approximate surface area is 156 Å². The highest BCUT2D eigenvalue weighted by Gasteiger charge is 2.09. The minimum Gasteiger partial charge on any atom is -0.497 e. The number of hydrogen-bond acceptors (Lipinski definition) is 2. The van der Waals surface area contributed by atoms with Crippen LogP contribution in [0.15, 0.2) is 66.7 Å². The van der Waals surface area contributed by atoms with E-state index in [1.807, 2.05) is 18.2 Å². The molecule has 0 bridgehead atoms. The van der Waals surface area contributed by atoms with Gasteiger partial charge in [0, 0.05) is 0 Å². The van der Waals surface area contributed by atoms with E-state index in [1.165, 1.54) is 27.8 Å². The lowest BCUT2D eigenvalue weighted by Crippen LogP contribution is -1.98. The van der Waals surface area contributed by atoms with E-state index in [0.29, 0.717) is 5.92 Å². The van der Waals surface area contributed by atoms with Gasteiger partial charge >= 0.3 is 0 Å². The molecule has 2 nitrogen and oxygen atoms in total. The van der Waals surface area contributed by atoms with Crippen LogP contribution in [-0.2, 0) is 6.42 Å². The van der Waals surface area contributed by atoms with Gasteiger partial charge in [-0.2, -0.15) is 0 Å². The van der Waals surface area contributed by atoms with Crippen LogP contribution in [0.4, 0.5) is 0 Å². The van der Waals surface area contributed by atoms with Crippen LogP contribution in [0, 0.1) is 5.92 Å². The fourth-order valence-corrected chi connectivity index (χ4v) is 3.21. The summed E-state index contributed by atoms with van der Waals surface area (Å²) >= 11 is 0. The maximum Gasteiger partial charge on any atom is 0.119 e. The molecule has 2 heteroatoms. The third kappa shape index (κ3) is 4.08. The first kappa shape index (κ1) is 18.1. The topological polar surface area (TPSA) is 18.5 Å². The van der Waals surface area contributed by atoms with Gasteiger partial charge in [0.05, 0.1) is 14.2 Å². The zero-order valence-electron chi connectivity index (χ0n) is 16.0. The van der Waals surface area contributed by atoms with E-state index in [-0.39, 0.29) is 0 Å². The van der Waals surface area contributed by atoms with Gasteiger partial charge in [-0.15, -0.1) is 0 Å². The van der Waals surface area contributed by atoms with E-state index in [4.69, 9.17) is 9.47 Å². The molecule has 0 amide bonds. The molecule has 0 radical (unpaired) electrons. The quantitative estimate of drug-likeness (QED) is 0.526. The molecule has 0 saturated heterocycles. The number of ether oxygens (including phenoxy) is 2. The Kier molecular flexibility index (Phi) is 5.62. The molecule has 3 rings (SSSR count). The standard InChI is InChI=1S/C24H26O2/c1-17(2)15-21-16-23(26-4)13-14-24(21)20-7-5-18(6-8-20)19-9-11-22(25-3)12-10-19/h5-14,16-17H,15H2,1-4H3. The van der Waals surface area contributed by atoms with Crippen molar-refractivity contribution in [1.29, 1.82) is 0 Å². The van der Waals surface area contributed by atoms with Crippen LogP contribution in [0.25, 0.3) is 22.3 Å². The Morgan fingerprint density at radius 3 is 1.69 bits per heavy atom. The van der Waals surface area contributed by atoms with Crippen LogP contribution in [-0.4, -0.2) is 14.2 Å². The fourth-order valence-electron chi connectivity index (χ4n) is 3.21. The molecule has 0 aliphatic heterocycles. The monoisotopic (exact) mass is 346 g/mol. The van der Waals surface area contributed by atoms with Gasteiger partial charge in [0.25, 0.3) is 0 Å². The SMILES string of the molecule is COc1ccc(-c2ccc(-c3ccc(OC)cc3CC(C)C)cc2)cc1. The smallest absolute Gasteiger partial charge is 0.119 e. The van der Waals surface area contributed by atoms with Gasteiger partial charge in [0.15, 0.2) is 0 Å². The van der Waals surface area contributed by atoms with Crippen molar-refractivity contribution >= 4 is 0 Å². The molecular weight excluding hydrogens is 320 g/mol. The van der Waals surface area contributed by atoms with Crippen molar-refractivity contribution in [3.63, 3.8) is 0 Å². The zero-order chi connectivity index (χ0) is 18.5. The van der Waals surface area contributed by atoms with Gasteiger partial charge in [-0.1, -0.05) is 56.3 Å². The predicted octanol–water partition coefficient (Wildman–Crippen LogP) is 6.24. The second-order valence-corrected chi connectivity index (χ2v) is 6.93. The summed E-state index contributed by atoms with van der Waals surface area (Å²) in [6.07, 6.45) is 1.03. The van der Waals surface area contributed by atoms with Gasteiger partial charge in [-0.25, -0.2) is 0 Å². The van der Waals surface area contributed by atoms with E-state index in [1.54, 1.807) is 14.2 Å². The Bertz CT molecular complexity index is 846. The summed E-state index contributed by atoms with van der Waals surface area (Å²) in [6.45, 7) is 4.49. The van der Waals surface area contributed by atoms with Crippen LogP contribution in [0.3, 0.4) is 0 Å². The Hall–Kier alpha value is -2.74. The maximum absolute atomic E-state index is 5.41. The van der Waals surface area contributed by atoms with Crippen molar-refractivity contribution < 1.29 is 9.47 Å². The molecule has 0 aliphatic rings. The van der Waals surface area contributed by atoms with Crippen LogP contribution in [0.2, 0.25) is 0 Å². The summed E-state index contributed by atoms with van der Waals surface area (Å²) in [5.74, 6) is 2.39. The minimum atomic E-state index is 0.597. The van der Waals surface area contributed by atoms with Gasteiger partial charge in [-0.05, 0) is 64.4 Å². The molecule has 0 unspecified atom stereocenters. The number of hydrogen-bond donors (Lipinski definition) is 0. The Morgan fingerprint density at radius 1 is 0.654 bits per heavy atom. The van der Waals surface area contributed by atoms with E-state index in [0.717, 1.165) is 17.9 Å². The van der Waals surface area contributed by atoms with Crippen LogP contribution in [0.5, 0.6) is 11.5 Å². The highest BCUT2D eigenvalue weighted by atomic mass is 16.5. The molecule has 3 aromatic rings. The predicted molar refractivity (Wildman–Crippen MR) is 109 cm³/mol. The van der Waals surface area contributed by atoms with Gasteiger partial charge in [-0.3, -0.25) is 0 Å². The first-order valence-electron chi connectivity index (χ1n) is 9.02. The highest BCUT2D eigenvalue weighted by Crippen LogP contribution is 2.31. The summed E-state index contributed by atoms with van der Waals surface area (Å²) in [5, 5.41) is 0. The van der Waals surface area contributed by atoms with E-state index in [2.05, 4.69) is 62.4 Å². The summed E-state index contributed by atoms with van der Waals surface area (Å²) in [4.78, 5) is 0. The lowest BCUT2D eigenvalue weighted by Gasteiger charge is -2.14. The maximum atomic E-state index is 5.41. The van der Waals surface area contributed by atoms with E-state index in [9.17, 15) is 0 Å². The van der Waals surface area contributed by atoms with E-state index < -0.39 is 0 Å². The summed E-state index contributed by atoms with van der Waals surface area (Å²) in [7, 11) is 3.41. The van der Waals surface area contributed by atoms with Crippen molar-refractivity contribution in [3.8, 4) is 33.8 Å². The van der Waals surface area contributed by atoms with Crippen molar-refractivity contribution in [3.05, 3.63) is 72.3 Å². The average Bonchev–Trinajstić information content (AvgIpc) is 2.68. The minimum absolute atomic E-state index is 0.597. The Morgan fingerprint density at radius 2 is 1.15 bits per heavy atom. The normalized spacial score (nSPS) is 10.8. The first-order valence-corrected chi connectivity index (χ1v) is 9.02. The summed E-state index contributed by atoms with van der Waals surface area (Å²) < 4.78 is 10.6. The average molecular weight is 346 g/mol. The molecule has 3 aromatic carbocycles. The first-order chi connectivity index (χ1) is 12.6. The van der Waals surface area contributed by atoms with Crippen molar-refractivity contribution in [1.82, 2.24) is 0 Å². The Balaban J connectivity index is 1.92. The summed E-state index contributed by atoms with van der Waals surface area (Å²) in [5.41, 5.74) is 6.24. The van der Waals surface area contributed by atoms with Crippen LogP contribution in [0.1, 0.15) is 19.4 Å². The second kappa shape index (κ2) is 8.09. The number of rotatable bonds is 6. The fraction of sp³-hybridized carbons (Fsp3) is 0.250. The third-order valence-corrected chi connectivity index (χ3v) is 4.56. The molecule has 0 aliphatic carbocycles. The molecule has 0 spiro atoms. The number of methoxy groups -OCH3 is 2. The molecule has 0 saturated carbocycles. The molecule has 0 heterocycles. The van der Waals surface area contributed by atoms with Crippen LogP contribution >= 0.6 is 0 Å². The van der Waals surface area contributed by atoms with Gasteiger partial charge < -0.3 is 9.47 Å². The molecule has 0 aromatic heterocycles. The van der Waals surface area contributed by atoms with Crippen molar-refractivity contribution in [2.24, 2.45) is 5.92 Å². The number of benzene rings is 3. The lowest BCUT2D eigenvalue weighted by atomic mass is 9.92. The summed E-state index contributed by atoms with van der Waals surface area (Å²) in [6, 6.07) is 23.3. The molecule has 0 fully saturated rings. The molecule has 0 N–H and O–H groups in total. The third-order valence-electron chi connectivity index (χ3n) is 4.56. The van der Waals surface area contributed by atoms with Gasteiger partial charge in [0.1, 0.15) is 11.5 Å². The molecule has 0 atom stereocenters. The lowest BCUT2D eigenvalue weighted by molar-refractivity contribution is 0.414. The molecular formula is C24H26O2. The van der Waals surface area contributed by atoms with Crippen molar-refractivity contribution in [2.75, 3.05) is 14.2 Å². The zero-order valence-corrected chi connectivity index (χ0v) is 16.0. The highest BCUT2D eigenvalue weighted by molar-refractivity contribution is 5.73. The molecule has 134 valence electrons. The van der Waals surface area contributed by atoms with Gasteiger partial charge in [0.2, 0.25) is 0 Å². The van der Waals surface area contributed by atoms with Crippen molar-refractivity contribution in [2.45, 2.75) is 20.3 Å². The van der Waals surface area contributed by atoms with Crippen LogP contribution < -0.4 is 9.47 Å². The molecule has 26 heavy (non-hydrogen) atoms. The second-order valence-electron chi connectivity index (χ2n) is 6.93. The largest absolute Gasteiger partial charge is 0.497 e. The van der Waals surface area contributed by atoms with E-state index >= 15 is 0 Å².